The first-order valence-corrected chi connectivity index (χ1v) is 6.60. The molecule has 1 aromatic heterocycles. The summed E-state index contributed by atoms with van der Waals surface area (Å²) < 4.78 is 15.5. The molecule has 2 rings (SSSR count). The van der Waals surface area contributed by atoms with Crippen LogP contribution in [0.1, 0.15) is 19.5 Å². The first-order chi connectivity index (χ1) is 9.93. The summed E-state index contributed by atoms with van der Waals surface area (Å²) in [4.78, 5) is 11.7. The van der Waals surface area contributed by atoms with E-state index in [1.165, 1.54) is 6.07 Å². The predicted octanol–water partition coefficient (Wildman–Crippen LogP) is 3.30. The van der Waals surface area contributed by atoms with Gasteiger partial charge in [0.1, 0.15) is 17.6 Å². The molecule has 2 aromatic rings. The van der Waals surface area contributed by atoms with Gasteiger partial charge in [-0.2, -0.15) is 5.26 Å². The highest BCUT2D eigenvalue weighted by Gasteiger charge is 2.13. The van der Waals surface area contributed by atoms with E-state index < -0.39 is 5.82 Å². The number of halogens is 1. The van der Waals surface area contributed by atoms with Crippen molar-refractivity contribution in [2.45, 2.75) is 13.8 Å². The van der Waals surface area contributed by atoms with Gasteiger partial charge >= 0.3 is 0 Å². The highest BCUT2D eigenvalue weighted by molar-refractivity contribution is 5.92. The van der Waals surface area contributed by atoms with Gasteiger partial charge in [0.05, 0.1) is 5.69 Å². The topological polar surface area (TPSA) is 57.8 Å². The van der Waals surface area contributed by atoms with Crippen LogP contribution in [0.4, 0.5) is 10.1 Å². The quantitative estimate of drug-likeness (QED) is 0.940. The maximum Gasteiger partial charge on any atom is 0.227 e. The Labute approximate surface area is 122 Å². The van der Waals surface area contributed by atoms with Crippen LogP contribution < -0.4 is 5.32 Å². The van der Waals surface area contributed by atoms with Crippen molar-refractivity contribution in [3.8, 4) is 17.3 Å². The molecule has 0 radical (unpaired) electrons. The Morgan fingerprint density at radius 3 is 2.62 bits per heavy atom. The first kappa shape index (κ1) is 14.8. The summed E-state index contributed by atoms with van der Waals surface area (Å²) in [7, 11) is 1.77. The lowest BCUT2D eigenvalue weighted by molar-refractivity contribution is -0.118. The lowest BCUT2D eigenvalue weighted by Crippen LogP contribution is -2.18. The Kier molecular flexibility index (Phi) is 4.08. The van der Waals surface area contributed by atoms with E-state index >= 15 is 0 Å². The molecular weight excluding hydrogens is 269 g/mol. The minimum Gasteiger partial charge on any atom is -0.335 e. The molecule has 1 heterocycles. The molecule has 1 N–H and O–H groups in total. The molecule has 0 saturated heterocycles. The molecule has 0 spiro atoms. The zero-order valence-corrected chi connectivity index (χ0v) is 12.1. The number of hydrogen-bond acceptors (Lipinski definition) is 2. The zero-order valence-electron chi connectivity index (χ0n) is 12.1. The maximum absolute atomic E-state index is 13.8. The number of carbonyl (C=O) groups excluding carboxylic acids is 1. The van der Waals surface area contributed by atoms with Crippen LogP contribution in [0.25, 0.3) is 11.3 Å². The third kappa shape index (κ3) is 2.95. The monoisotopic (exact) mass is 285 g/mol. The highest BCUT2D eigenvalue weighted by atomic mass is 19.1. The molecule has 4 nitrogen and oxygen atoms in total. The van der Waals surface area contributed by atoms with Gasteiger partial charge in [-0.25, -0.2) is 4.39 Å². The lowest BCUT2D eigenvalue weighted by Gasteiger charge is -2.11. The molecule has 0 aliphatic carbocycles. The van der Waals surface area contributed by atoms with Crippen LogP contribution in [-0.4, -0.2) is 10.5 Å². The standard InChI is InChI=1S/C16H16FN3O/c1-10(2)16(21)19-14-8-11(4-6-13(14)17)15-7-5-12(9-18)20(15)3/h4-8,10H,1-3H3,(H,19,21). The molecule has 0 aliphatic rings. The van der Waals surface area contributed by atoms with E-state index in [4.69, 9.17) is 5.26 Å². The fourth-order valence-corrected chi connectivity index (χ4v) is 1.97. The minimum atomic E-state index is -0.484. The second kappa shape index (κ2) is 5.80. The van der Waals surface area contributed by atoms with Crippen LogP contribution >= 0.6 is 0 Å². The Bertz CT molecular complexity index is 726. The maximum atomic E-state index is 13.8. The van der Waals surface area contributed by atoms with Crippen molar-refractivity contribution < 1.29 is 9.18 Å². The Balaban J connectivity index is 2.41. The van der Waals surface area contributed by atoms with Crippen LogP contribution in [0.3, 0.4) is 0 Å². The molecule has 0 unspecified atom stereocenters. The highest BCUT2D eigenvalue weighted by Crippen LogP contribution is 2.26. The summed E-state index contributed by atoms with van der Waals surface area (Å²) in [6.07, 6.45) is 0. The van der Waals surface area contributed by atoms with Crippen molar-refractivity contribution in [3.05, 3.63) is 41.8 Å². The molecule has 0 bridgehead atoms. The fourth-order valence-electron chi connectivity index (χ4n) is 1.97. The number of benzene rings is 1. The normalized spacial score (nSPS) is 10.5. The van der Waals surface area contributed by atoms with Crippen LogP contribution in [0.5, 0.6) is 0 Å². The summed E-state index contributed by atoms with van der Waals surface area (Å²) in [5, 5.41) is 11.5. The first-order valence-electron chi connectivity index (χ1n) is 6.60. The second-order valence-corrected chi connectivity index (χ2v) is 5.11. The number of hydrogen-bond donors (Lipinski definition) is 1. The van der Waals surface area contributed by atoms with Crippen molar-refractivity contribution in [2.24, 2.45) is 13.0 Å². The summed E-state index contributed by atoms with van der Waals surface area (Å²) in [5.41, 5.74) is 2.18. The number of nitrogens with one attached hydrogen (secondary N) is 1. The smallest absolute Gasteiger partial charge is 0.227 e. The Morgan fingerprint density at radius 1 is 1.33 bits per heavy atom. The molecular formula is C16H16FN3O. The SMILES string of the molecule is CC(C)C(=O)Nc1cc(-c2ccc(C#N)n2C)ccc1F. The Morgan fingerprint density at radius 2 is 2.05 bits per heavy atom. The van der Waals surface area contributed by atoms with Crippen LogP contribution in [0.2, 0.25) is 0 Å². The molecule has 5 heteroatoms. The summed E-state index contributed by atoms with van der Waals surface area (Å²) in [5.74, 6) is -0.952. The van der Waals surface area contributed by atoms with Gasteiger partial charge in [0.25, 0.3) is 0 Å². The van der Waals surface area contributed by atoms with Crippen molar-refractivity contribution in [3.63, 3.8) is 0 Å². The van der Waals surface area contributed by atoms with Crippen LogP contribution in [-0.2, 0) is 11.8 Å². The molecule has 1 aromatic carbocycles. The van der Waals surface area contributed by atoms with Crippen LogP contribution in [0.15, 0.2) is 30.3 Å². The number of carbonyl (C=O) groups is 1. The summed E-state index contributed by atoms with van der Waals surface area (Å²) in [6.45, 7) is 3.49. The number of amides is 1. The van der Waals surface area contributed by atoms with Gasteiger partial charge in [0.15, 0.2) is 0 Å². The third-order valence-corrected chi connectivity index (χ3v) is 3.28. The van der Waals surface area contributed by atoms with Crippen molar-refractivity contribution >= 4 is 11.6 Å². The number of nitriles is 1. The van der Waals surface area contributed by atoms with Crippen molar-refractivity contribution in [1.29, 1.82) is 5.26 Å². The molecule has 0 atom stereocenters. The van der Waals surface area contributed by atoms with E-state index in [2.05, 4.69) is 11.4 Å². The molecule has 21 heavy (non-hydrogen) atoms. The Hall–Kier alpha value is -2.61. The molecule has 0 saturated carbocycles. The van der Waals surface area contributed by atoms with E-state index in [-0.39, 0.29) is 17.5 Å². The van der Waals surface area contributed by atoms with Gasteiger partial charge in [-0.1, -0.05) is 13.8 Å². The average Bonchev–Trinajstić information content (AvgIpc) is 2.82. The van der Waals surface area contributed by atoms with Crippen LogP contribution in [0, 0.1) is 23.1 Å². The fraction of sp³-hybridized carbons (Fsp3) is 0.250. The summed E-state index contributed by atoms with van der Waals surface area (Å²) in [6, 6.07) is 10.1. The lowest BCUT2D eigenvalue weighted by atomic mass is 10.1. The van der Waals surface area contributed by atoms with Crippen molar-refractivity contribution in [2.75, 3.05) is 5.32 Å². The van der Waals surface area contributed by atoms with E-state index in [1.807, 2.05) is 0 Å². The molecule has 1 amide bonds. The number of aromatic nitrogens is 1. The zero-order chi connectivity index (χ0) is 15.6. The molecule has 108 valence electrons. The number of rotatable bonds is 3. The van der Waals surface area contributed by atoms with Gasteiger partial charge in [0.2, 0.25) is 5.91 Å². The van der Waals surface area contributed by atoms with Gasteiger partial charge in [0, 0.05) is 24.2 Å². The van der Waals surface area contributed by atoms with E-state index in [0.29, 0.717) is 5.69 Å². The third-order valence-electron chi connectivity index (χ3n) is 3.28. The predicted molar refractivity (Wildman–Crippen MR) is 79.0 cm³/mol. The average molecular weight is 285 g/mol. The largest absolute Gasteiger partial charge is 0.335 e. The number of nitrogens with zero attached hydrogens (tertiary/aromatic N) is 2. The summed E-state index contributed by atoms with van der Waals surface area (Å²) >= 11 is 0. The second-order valence-electron chi connectivity index (χ2n) is 5.11. The van der Waals surface area contributed by atoms with Gasteiger partial charge in [-0.15, -0.1) is 0 Å². The molecule has 0 fully saturated rings. The van der Waals surface area contributed by atoms with Gasteiger partial charge in [-0.3, -0.25) is 4.79 Å². The minimum absolute atomic E-state index is 0.144. The van der Waals surface area contributed by atoms with Gasteiger partial charge in [-0.05, 0) is 30.3 Å². The van der Waals surface area contributed by atoms with E-state index in [9.17, 15) is 9.18 Å². The van der Waals surface area contributed by atoms with E-state index in [1.54, 1.807) is 49.7 Å². The van der Waals surface area contributed by atoms with E-state index in [0.717, 1.165) is 11.3 Å². The van der Waals surface area contributed by atoms with Gasteiger partial charge < -0.3 is 9.88 Å². The van der Waals surface area contributed by atoms with Crippen molar-refractivity contribution in [1.82, 2.24) is 4.57 Å². The number of anilines is 1. The molecule has 0 aliphatic heterocycles.